The lowest BCUT2D eigenvalue weighted by Gasteiger charge is -2.05. The van der Waals surface area contributed by atoms with E-state index in [4.69, 9.17) is 4.42 Å². The molecule has 2 aromatic carbocycles. The van der Waals surface area contributed by atoms with Crippen LogP contribution in [0, 0.1) is 0 Å². The van der Waals surface area contributed by atoms with Crippen molar-refractivity contribution in [1.82, 2.24) is 0 Å². The van der Waals surface area contributed by atoms with Gasteiger partial charge in [0, 0.05) is 23.0 Å². The molecule has 3 rings (SSSR count). The number of hydrogen-bond donors (Lipinski definition) is 1. The van der Waals surface area contributed by atoms with E-state index in [2.05, 4.69) is 42.6 Å². The molecular formula is C18H21NO. The van der Waals surface area contributed by atoms with Gasteiger partial charge in [-0.2, -0.15) is 0 Å². The Bertz CT molecular complexity index is 699. The van der Waals surface area contributed by atoms with Gasteiger partial charge in [0.2, 0.25) is 0 Å². The van der Waals surface area contributed by atoms with Gasteiger partial charge in [0.05, 0.1) is 0 Å². The van der Waals surface area contributed by atoms with Gasteiger partial charge in [-0.05, 0) is 30.7 Å². The Kier molecular flexibility index (Phi) is 3.91. The van der Waals surface area contributed by atoms with Crippen molar-refractivity contribution in [3.8, 4) is 0 Å². The van der Waals surface area contributed by atoms with E-state index in [0.29, 0.717) is 0 Å². The van der Waals surface area contributed by atoms with Crippen LogP contribution < -0.4 is 5.32 Å². The predicted octanol–water partition coefficient (Wildman–Crippen LogP) is 5.58. The molecule has 0 saturated carbocycles. The first-order valence-corrected chi connectivity index (χ1v) is 7.53. The summed E-state index contributed by atoms with van der Waals surface area (Å²) >= 11 is 0. The highest BCUT2D eigenvalue weighted by atomic mass is 16.3. The van der Waals surface area contributed by atoms with Crippen LogP contribution in [0.2, 0.25) is 0 Å². The van der Waals surface area contributed by atoms with E-state index in [1.807, 2.05) is 12.1 Å². The van der Waals surface area contributed by atoms with Crippen LogP contribution in [0.1, 0.15) is 32.6 Å². The average Bonchev–Trinajstić information content (AvgIpc) is 2.85. The molecule has 0 aliphatic carbocycles. The van der Waals surface area contributed by atoms with Gasteiger partial charge in [-0.3, -0.25) is 0 Å². The molecule has 0 saturated heterocycles. The van der Waals surface area contributed by atoms with E-state index in [-0.39, 0.29) is 0 Å². The molecule has 0 aliphatic heterocycles. The molecule has 0 radical (unpaired) electrons. The van der Waals surface area contributed by atoms with Gasteiger partial charge in [-0.25, -0.2) is 0 Å². The Labute approximate surface area is 119 Å². The van der Waals surface area contributed by atoms with Crippen LogP contribution in [-0.4, -0.2) is 6.54 Å². The number of furan rings is 1. The summed E-state index contributed by atoms with van der Waals surface area (Å²) in [5.74, 6) is 0. The molecule has 0 aliphatic rings. The first-order chi connectivity index (χ1) is 9.88. The molecule has 1 N–H and O–H groups in total. The highest BCUT2D eigenvalue weighted by Crippen LogP contribution is 2.30. The Morgan fingerprint density at radius 2 is 1.75 bits per heavy atom. The van der Waals surface area contributed by atoms with E-state index in [1.165, 1.54) is 42.1 Å². The van der Waals surface area contributed by atoms with Gasteiger partial charge in [0.15, 0.2) is 0 Å². The molecule has 0 bridgehead atoms. The van der Waals surface area contributed by atoms with Crippen molar-refractivity contribution in [3.05, 3.63) is 42.5 Å². The molecule has 3 aromatic rings. The Morgan fingerprint density at radius 3 is 2.65 bits per heavy atom. The molecular weight excluding hydrogens is 246 g/mol. The second kappa shape index (κ2) is 6.00. The predicted molar refractivity (Wildman–Crippen MR) is 86.4 cm³/mol. The molecule has 1 aromatic heterocycles. The number of anilines is 1. The summed E-state index contributed by atoms with van der Waals surface area (Å²) in [4.78, 5) is 0. The summed E-state index contributed by atoms with van der Waals surface area (Å²) in [7, 11) is 0. The van der Waals surface area contributed by atoms with Crippen LogP contribution in [0.4, 0.5) is 5.69 Å². The van der Waals surface area contributed by atoms with Gasteiger partial charge in [-0.15, -0.1) is 0 Å². The quantitative estimate of drug-likeness (QED) is 0.590. The summed E-state index contributed by atoms with van der Waals surface area (Å²) in [5, 5.41) is 5.89. The van der Waals surface area contributed by atoms with Crippen molar-refractivity contribution >= 4 is 27.6 Å². The van der Waals surface area contributed by atoms with Crippen LogP contribution >= 0.6 is 0 Å². The summed E-state index contributed by atoms with van der Waals surface area (Å²) < 4.78 is 5.84. The van der Waals surface area contributed by atoms with Gasteiger partial charge >= 0.3 is 0 Å². The minimum atomic E-state index is 0.961. The first-order valence-electron chi connectivity index (χ1n) is 7.53. The van der Waals surface area contributed by atoms with E-state index >= 15 is 0 Å². The van der Waals surface area contributed by atoms with Gasteiger partial charge in [-0.1, -0.05) is 44.4 Å². The highest BCUT2D eigenvalue weighted by Gasteiger charge is 2.06. The number of rotatable bonds is 6. The fraction of sp³-hybridized carbons (Fsp3) is 0.333. The van der Waals surface area contributed by atoms with Crippen molar-refractivity contribution in [2.45, 2.75) is 32.6 Å². The second-order valence-electron chi connectivity index (χ2n) is 5.30. The lowest BCUT2D eigenvalue weighted by molar-refractivity contribution is 0.669. The molecule has 0 unspecified atom stereocenters. The molecule has 104 valence electrons. The van der Waals surface area contributed by atoms with E-state index in [0.717, 1.165) is 17.7 Å². The van der Waals surface area contributed by atoms with Crippen LogP contribution in [0.15, 0.2) is 46.9 Å². The number of hydrogen-bond acceptors (Lipinski definition) is 2. The van der Waals surface area contributed by atoms with Crippen molar-refractivity contribution in [3.63, 3.8) is 0 Å². The third-order valence-electron chi connectivity index (χ3n) is 3.74. The highest BCUT2D eigenvalue weighted by molar-refractivity contribution is 6.05. The van der Waals surface area contributed by atoms with Crippen LogP contribution in [-0.2, 0) is 0 Å². The Morgan fingerprint density at radius 1 is 0.900 bits per heavy atom. The maximum absolute atomic E-state index is 5.84. The van der Waals surface area contributed by atoms with Gasteiger partial charge in [0.25, 0.3) is 0 Å². The van der Waals surface area contributed by atoms with Gasteiger partial charge < -0.3 is 9.73 Å². The summed E-state index contributed by atoms with van der Waals surface area (Å²) in [6.45, 7) is 3.28. The fourth-order valence-corrected chi connectivity index (χ4v) is 2.62. The molecule has 0 amide bonds. The number of para-hydroxylation sites is 1. The number of nitrogens with one attached hydrogen (secondary N) is 1. The topological polar surface area (TPSA) is 25.2 Å². The van der Waals surface area contributed by atoms with E-state index in [9.17, 15) is 0 Å². The van der Waals surface area contributed by atoms with E-state index < -0.39 is 0 Å². The summed E-state index contributed by atoms with van der Waals surface area (Å²) in [5.41, 5.74) is 3.10. The van der Waals surface area contributed by atoms with Crippen molar-refractivity contribution in [1.29, 1.82) is 0 Å². The SMILES string of the molecule is CCCCCCNc1ccc2oc3ccccc3c2c1. The number of unbranched alkanes of at least 4 members (excludes halogenated alkanes) is 3. The van der Waals surface area contributed by atoms with Gasteiger partial charge in [0.1, 0.15) is 11.2 Å². The fourth-order valence-electron chi connectivity index (χ4n) is 2.62. The standard InChI is InChI=1S/C18H21NO/c1-2-3-4-7-12-19-14-10-11-18-16(13-14)15-8-5-6-9-17(15)20-18/h5-6,8-11,13,19H,2-4,7,12H2,1H3. The third kappa shape index (κ3) is 2.64. The van der Waals surface area contributed by atoms with Crippen molar-refractivity contribution in [2.75, 3.05) is 11.9 Å². The minimum Gasteiger partial charge on any atom is -0.456 e. The molecule has 0 spiro atoms. The lowest BCUT2D eigenvalue weighted by atomic mass is 10.1. The largest absolute Gasteiger partial charge is 0.456 e. The first kappa shape index (κ1) is 13.0. The molecule has 0 fully saturated rings. The zero-order chi connectivity index (χ0) is 13.8. The number of fused-ring (bicyclic) bond motifs is 3. The van der Waals surface area contributed by atoms with Crippen molar-refractivity contribution < 1.29 is 4.42 Å². The smallest absolute Gasteiger partial charge is 0.135 e. The molecule has 20 heavy (non-hydrogen) atoms. The Balaban J connectivity index is 1.77. The second-order valence-corrected chi connectivity index (χ2v) is 5.30. The van der Waals surface area contributed by atoms with Crippen LogP contribution in [0.5, 0.6) is 0 Å². The summed E-state index contributed by atoms with van der Waals surface area (Å²) in [6.07, 6.45) is 5.15. The molecule has 0 atom stereocenters. The maximum Gasteiger partial charge on any atom is 0.135 e. The lowest BCUT2D eigenvalue weighted by Crippen LogP contribution is -2.00. The molecule has 2 heteroatoms. The Hall–Kier alpha value is -1.96. The zero-order valence-corrected chi connectivity index (χ0v) is 12.0. The monoisotopic (exact) mass is 267 g/mol. The third-order valence-corrected chi connectivity index (χ3v) is 3.74. The maximum atomic E-state index is 5.84. The van der Waals surface area contributed by atoms with E-state index in [1.54, 1.807) is 0 Å². The van der Waals surface area contributed by atoms with Crippen LogP contribution in [0.25, 0.3) is 21.9 Å². The molecule has 2 nitrogen and oxygen atoms in total. The minimum absolute atomic E-state index is 0.961. The summed E-state index contributed by atoms with van der Waals surface area (Å²) in [6, 6.07) is 14.6. The number of benzene rings is 2. The van der Waals surface area contributed by atoms with Crippen molar-refractivity contribution in [2.24, 2.45) is 0 Å². The normalized spacial score (nSPS) is 11.2. The average molecular weight is 267 g/mol. The molecule has 1 heterocycles. The zero-order valence-electron chi connectivity index (χ0n) is 12.0. The van der Waals surface area contributed by atoms with Crippen LogP contribution in [0.3, 0.4) is 0 Å².